The number of piperidine rings is 1. The maximum atomic E-state index is 6.15. The van der Waals surface area contributed by atoms with Crippen molar-refractivity contribution in [2.45, 2.75) is 18.3 Å². The van der Waals surface area contributed by atoms with Crippen molar-refractivity contribution in [1.29, 1.82) is 0 Å². The zero-order valence-electron chi connectivity index (χ0n) is 10.8. The SMILES string of the molecule is COCC12CCNCC1(c1ccc(Cl)c(Cl)c1)C2.Cl. The average molecular weight is 323 g/mol. The number of methoxy groups -OCH3 is 1. The predicted molar refractivity (Wildman–Crippen MR) is 81.8 cm³/mol. The van der Waals surface area contributed by atoms with E-state index in [1.54, 1.807) is 7.11 Å². The Hall–Kier alpha value is 0.01000. The molecule has 0 amide bonds. The minimum Gasteiger partial charge on any atom is -0.384 e. The van der Waals surface area contributed by atoms with Crippen molar-refractivity contribution in [2.75, 3.05) is 26.8 Å². The highest BCUT2D eigenvalue weighted by atomic mass is 35.5. The molecule has 2 atom stereocenters. The summed E-state index contributed by atoms with van der Waals surface area (Å²) < 4.78 is 5.44. The van der Waals surface area contributed by atoms with Crippen molar-refractivity contribution in [2.24, 2.45) is 5.41 Å². The molecule has 0 spiro atoms. The minimum atomic E-state index is 0. The summed E-state index contributed by atoms with van der Waals surface area (Å²) in [7, 11) is 1.79. The molecular formula is C14H18Cl3NO. The van der Waals surface area contributed by atoms with E-state index in [1.807, 2.05) is 12.1 Å². The number of halogens is 3. The second-order valence-corrected chi connectivity index (χ2v) is 6.34. The summed E-state index contributed by atoms with van der Waals surface area (Å²) in [5, 5.41) is 4.77. The van der Waals surface area contributed by atoms with Crippen molar-refractivity contribution in [3.8, 4) is 0 Å². The van der Waals surface area contributed by atoms with E-state index >= 15 is 0 Å². The lowest BCUT2D eigenvalue weighted by Crippen LogP contribution is -2.40. The minimum absolute atomic E-state index is 0. The molecule has 1 aliphatic carbocycles. The van der Waals surface area contributed by atoms with Gasteiger partial charge in [-0.15, -0.1) is 12.4 Å². The first kappa shape index (κ1) is 15.4. The summed E-state index contributed by atoms with van der Waals surface area (Å²) in [6, 6.07) is 6.03. The molecule has 1 aliphatic heterocycles. The highest BCUT2D eigenvalue weighted by Crippen LogP contribution is 2.67. The molecule has 2 aliphatic rings. The lowest BCUT2D eigenvalue weighted by Gasteiger charge is -2.31. The lowest BCUT2D eigenvalue weighted by atomic mass is 9.82. The second-order valence-electron chi connectivity index (χ2n) is 5.53. The predicted octanol–water partition coefficient (Wildman–Crippen LogP) is 3.68. The molecule has 1 aromatic rings. The van der Waals surface area contributed by atoms with Crippen LogP contribution in [-0.2, 0) is 10.2 Å². The Kier molecular flexibility index (Phi) is 4.39. The van der Waals surface area contributed by atoms with Crippen LogP contribution in [0.2, 0.25) is 10.0 Å². The third kappa shape index (κ3) is 2.28. The summed E-state index contributed by atoms with van der Waals surface area (Å²) in [6.07, 6.45) is 2.35. The Morgan fingerprint density at radius 1 is 1.32 bits per heavy atom. The molecule has 0 aromatic heterocycles. The van der Waals surface area contributed by atoms with Crippen molar-refractivity contribution in [3.63, 3.8) is 0 Å². The van der Waals surface area contributed by atoms with E-state index in [9.17, 15) is 0 Å². The van der Waals surface area contributed by atoms with Crippen molar-refractivity contribution >= 4 is 35.6 Å². The van der Waals surface area contributed by atoms with Gasteiger partial charge in [-0.3, -0.25) is 0 Å². The average Bonchev–Trinajstić information content (AvgIpc) is 3.03. The fourth-order valence-corrected chi connectivity index (χ4v) is 3.88. The van der Waals surface area contributed by atoms with Gasteiger partial charge in [-0.1, -0.05) is 29.3 Å². The molecule has 0 bridgehead atoms. The quantitative estimate of drug-likeness (QED) is 0.916. The van der Waals surface area contributed by atoms with E-state index in [-0.39, 0.29) is 17.8 Å². The number of ether oxygens (including phenoxy) is 1. The number of benzene rings is 1. The molecule has 1 saturated heterocycles. The van der Waals surface area contributed by atoms with Crippen LogP contribution in [0.15, 0.2) is 18.2 Å². The van der Waals surface area contributed by atoms with Crippen LogP contribution in [0.25, 0.3) is 0 Å². The van der Waals surface area contributed by atoms with Gasteiger partial charge < -0.3 is 10.1 Å². The van der Waals surface area contributed by atoms with Gasteiger partial charge in [0.05, 0.1) is 16.7 Å². The summed E-state index contributed by atoms with van der Waals surface area (Å²) in [4.78, 5) is 0. The van der Waals surface area contributed by atoms with Gasteiger partial charge in [-0.05, 0) is 37.1 Å². The molecule has 2 unspecified atom stereocenters. The highest BCUT2D eigenvalue weighted by molar-refractivity contribution is 6.42. The molecule has 2 nitrogen and oxygen atoms in total. The second kappa shape index (κ2) is 5.42. The van der Waals surface area contributed by atoms with E-state index in [2.05, 4.69) is 11.4 Å². The van der Waals surface area contributed by atoms with E-state index < -0.39 is 0 Å². The molecule has 106 valence electrons. The largest absolute Gasteiger partial charge is 0.384 e. The van der Waals surface area contributed by atoms with Gasteiger partial charge >= 0.3 is 0 Å². The van der Waals surface area contributed by atoms with Gasteiger partial charge in [0.1, 0.15) is 0 Å². The first-order valence-corrected chi connectivity index (χ1v) is 7.04. The molecule has 3 rings (SSSR count). The zero-order valence-corrected chi connectivity index (χ0v) is 13.2. The summed E-state index contributed by atoms with van der Waals surface area (Å²) in [5.74, 6) is 0. The van der Waals surface area contributed by atoms with Crippen LogP contribution < -0.4 is 5.32 Å². The Bertz CT molecular complexity index is 478. The van der Waals surface area contributed by atoms with Crippen LogP contribution in [0.5, 0.6) is 0 Å². The molecule has 2 fully saturated rings. The molecule has 19 heavy (non-hydrogen) atoms. The molecular weight excluding hydrogens is 305 g/mol. The third-order valence-corrected chi connectivity index (χ3v) is 5.37. The van der Waals surface area contributed by atoms with Gasteiger partial charge in [-0.2, -0.15) is 0 Å². The van der Waals surface area contributed by atoms with Crippen LogP contribution >= 0.6 is 35.6 Å². The Morgan fingerprint density at radius 3 is 2.79 bits per heavy atom. The smallest absolute Gasteiger partial charge is 0.0595 e. The van der Waals surface area contributed by atoms with Crippen LogP contribution in [0.3, 0.4) is 0 Å². The molecule has 1 saturated carbocycles. The highest BCUT2D eigenvalue weighted by Gasteiger charge is 2.68. The molecule has 1 N–H and O–H groups in total. The number of hydrogen-bond donors (Lipinski definition) is 1. The lowest BCUT2D eigenvalue weighted by molar-refractivity contribution is 0.112. The zero-order chi connectivity index (χ0) is 12.8. The first-order chi connectivity index (χ1) is 8.63. The molecule has 0 radical (unpaired) electrons. The molecule has 5 heteroatoms. The van der Waals surface area contributed by atoms with E-state index in [0.717, 1.165) is 19.7 Å². The summed E-state index contributed by atoms with van der Waals surface area (Å²) in [6.45, 7) is 2.91. The van der Waals surface area contributed by atoms with E-state index in [0.29, 0.717) is 15.5 Å². The number of hydrogen-bond acceptors (Lipinski definition) is 2. The standard InChI is InChI=1S/C14H17Cl2NO.ClH/c1-18-9-13-4-5-17-8-14(13,7-13)10-2-3-11(15)12(16)6-10;/h2-3,6,17H,4-5,7-9H2,1H3;1H. The third-order valence-electron chi connectivity index (χ3n) is 4.63. The number of fused-ring (bicyclic) bond motifs is 1. The van der Waals surface area contributed by atoms with Gasteiger partial charge in [-0.25, -0.2) is 0 Å². The summed E-state index contributed by atoms with van der Waals surface area (Å²) >= 11 is 12.2. The number of nitrogens with one attached hydrogen (secondary N) is 1. The maximum absolute atomic E-state index is 6.15. The maximum Gasteiger partial charge on any atom is 0.0595 e. The van der Waals surface area contributed by atoms with Crippen molar-refractivity contribution < 1.29 is 4.74 Å². The Morgan fingerprint density at radius 2 is 2.11 bits per heavy atom. The molecule has 1 heterocycles. The van der Waals surface area contributed by atoms with Crippen LogP contribution in [-0.4, -0.2) is 26.8 Å². The monoisotopic (exact) mass is 321 g/mol. The van der Waals surface area contributed by atoms with Gasteiger partial charge in [0.2, 0.25) is 0 Å². The van der Waals surface area contributed by atoms with E-state index in [1.165, 1.54) is 18.4 Å². The van der Waals surface area contributed by atoms with Crippen molar-refractivity contribution in [3.05, 3.63) is 33.8 Å². The van der Waals surface area contributed by atoms with Crippen LogP contribution in [0.4, 0.5) is 0 Å². The van der Waals surface area contributed by atoms with Gasteiger partial charge in [0.15, 0.2) is 0 Å². The Balaban J connectivity index is 0.00000133. The first-order valence-electron chi connectivity index (χ1n) is 6.29. The number of rotatable bonds is 3. The van der Waals surface area contributed by atoms with Gasteiger partial charge in [0, 0.05) is 24.5 Å². The topological polar surface area (TPSA) is 21.3 Å². The van der Waals surface area contributed by atoms with E-state index in [4.69, 9.17) is 27.9 Å². The Labute approximate surface area is 130 Å². The summed E-state index contributed by atoms with van der Waals surface area (Å²) in [5.41, 5.74) is 1.78. The normalized spacial score (nSPS) is 32.4. The van der Waals surface area contributed by atoms with Crippen molar-refractivity contribution in [1.82, 2.24) is 5.32 Å². The van der Waals surface area contributed by atoms with Gasteiger partial charge in [0.25, 0.3) is 0 Å². The van der Waals surface area contributed by atoms with Crippen LogP contribution in [0, 0.1) is 5.41 Å². The fraction of sp³-hybridized carbons (Fsp3) is 0.571. The fourth-order valence-electron chi connectivity index (χ4n) is 3.58. The van der Waals surface area contributed by atoms with Crippen LogP contribution in [0.1, 0.15) is 18.4 Å². The molecule has 1 aromatic carbocycles.